The molecule has 68 valence electrons. The van der Waals surface area contributed by atoms with Crippen molar-refractivity contribution in [2.75, 3.05) is 0 Å². The monoisotopic (exact) mass is 242 g/mol. The van der Waals surface area contributed by atoms with Gasteiger partial charge >= 0.3 is 0 Å². The zero-order valence-corrected chi connectivity index (χ0v) is 8.50. The second-order valence-corrected chi connectivity index (χ2v) is 3.31. The fraction of sp³-hybridized carbons (Fsp3) is 0.286. The lowest BCUT2D eigenvalue weighted by Crippen LogP contribution is -2.15. The first kappa shape index (κ1) is 8.43. The molecule has 0 amide bonds. The molecule has 0 unspecified atom stereocenters. The lowest BCUT2D eigenvalue weighted by molar-refractivity contribution is 0.868. The summed E-state index contributed by atoms with van der Waals surface area (Å²) in [5.41, 5.74) is 0.696. The van der Waals surface area contributed by atoms with E-state index in [1.54, 1.807) is 0 Å². The van der Waals surface area contributed by atoms with Crippen LogP contribution in [0.25, 0.3) is 5.78 Å². The van der Waals surface area contributed by atoms with Crippen LogP contribution in [0, 0.1) is 0 Å². The fourth-order valence-corrected chi connectivity index (χ4v) is 1.43. The van der Waals surface area contributed by atoms with E-state index in [0.717, 1.165) is 12.1 Å². The van der Waals surface area contributed by atoms with E-state index >= 15 is 0 Å². The molecule has 0 aromatic carbocycles. The molecule has 0 aliphatic rings. The number of fused-ring (bicyclic) bond motifs is 1. The van der Waals surface area contributed by atoms with E-state index in [4.69, 9.17) is 0 Å². The summed E-state index contributed by atoms with van der Waals surface area (Å²) >= 11 is 3.10. The van der Waals surface area contributed by atoms with Crippen molar-refractivity contribution in [3.05, 3.63) is 26.8 Å². The van der Waals surface area contributed by atoms with Crippen molar-refractivity contribution in [2.45, 2.75) is 13.3 Å². The summed E-state index contributed by atoms with van der Waals surface area (Å²) in [6.07, 6.45) is 0.774. The molecule has 6 heteroatoms. The minimum absolute atomic E-state index is 0.163. The molecule has 1 N–H and O–H groups in total. The second-order valence-electron chi connectivity index (χ2n) is 2.60. The van der Waals surface area contributed by atoms with Gasteiger partial charge in [-0.3, -0.25) is 4.79 Å². The molecule has 0 atom stereocenters. The molecular weight excluding hydrogens is 236 g/mol. The maximum Gasteiger partial charge on any atom is 0.275 e. The zero-order valence-electron chi connectivity index (χ0n) is 6.91. The molecule has 0 radical (unpaired) electrons. The standard InChI is InChI=1S/C7H7BrN4O/c1-2-4-3-5(13)12-7(9-4)10-6(8)11-12/h3H,2H2,1H3,(H,9,10,11). The number of rotatable bonds is 1. The summed E-state index contributed by atoms with van der Waals surface area (Å²) in [5.74, 6) is 0.469. The van der Waals surface area contributed by atoms with Gasteiger partial charge in [-0.05, 0) is 22.4 Å². The van der Waals surface area contributed by atoms with Gasteiger partial charge in [0.05, 0.1) is 0 Å². The third kappa shape index (κ3) is 1.37. The first-order valence-corrected chi connectivity index (χ1v) is 4.64. The smallest absolute Gasteiger partial charge is 0.275 e. The maximum atomic E-state index is 11.4. The lowest BCUT2D eigenvalue weighted by Gasteiger charge is -1.95. The Morgan fingerprint density at radius 2 is 2.46 bits per heavy atom. The number of aromatic nitrogens is 4. The SMILES string of the molecule is CCc1cc(=O)n2nc(Br)nc2[nH]1. The highest BCUT2D eigenvalue weighted by Gasteiger charge is 2.04. The molecule has 2 aromatic rings. The minimum atomic E-state index is -0.163. The molecule has 0 bridgehead atoms. The molecule has 0 saturated carbocycles. The van der Waals surface area contributed by atoms with Crippen molar-refractivity contribution in [2.24, 2.45) is 0 Å². The third-order valence-corrected chi connectivity index (χ3v) is 2.08. The third-order valence-electron chi connectivity index (χ3n) is 1.74. The Balaban J connectivity index is 2.83. The molecule has 2 rings (SSSR count). The number of H-pyrrole nitrogens is 1. The van der Waals surface area contributed by atoms with Crippen molar-refractivity contribution >= 4 is 21.7 Å². The molecule has 2 heterocycles. The topological polar surface area (TPSA) is 63.1 Å². The molecular formula is C7H7BrN4O. The first-order valence-electron chi connectivity index (χ1n) is 3.85. The van der Waals surface area contributed by atoms with Gasteiger partial charge in [0.15, 0.2) is 0 Å². The van der Waals surface area contributed by atoms with E-state index < -0.39 is 0 Å². The van der Waals surface area contributed by atoms with Gasteiger partial charge in [-0.1, -0.05) is 6.92 Å². The Kier molecular flexibility index (Phi) is 1.91. The number of hydrogen-bond acceptors (Lipinski definition) is 3. The van der Waals surface area contributed by atoms with Gasteiger partial charge in [0.2, 0.25) is 10.5 Å². The Morgan fingerprint density at radius 1 is 1.69 bits per heavy atom. The Bertz CT molecular complexity index is 501. The van der Waals surface area contributed by atoms with Crippen LogP contribution in [0.1, 0.15) is 12.6 Å². The normalized spacial score (nSPS) is 10.9. The van der Waals surface area contributed by atoms with Crippen molar-refractivity contribution in [1.29, 1.82) is 0 Å². The van der Waals surface area contributed by atoms with Crippen molar-refractivity contribution in [3.63, 3.8) is 0 Å². The van der Waals surface area contributed by atoms with Crippen molar-refractivity contribution in [1.82, 2.24) is 19.6 Å². The van der Waals surface area contributed by atoms with Crippen LogP contribution in [-0.2, 0) is 6.42 Å². The van der Waals surface area contributed by atoms with E-state index in [2.05, 4.69) is 31.0 Å². The molecule has 2 aromatic heterocycles. The van der Waals surface area contributed by atoms with Crippen molar-refractivity contribution < 1.29 is 0 Å². The largest absolute Gasteiger partial charge is 0.327 e. The quantitative estimate of drug-likeness (QED) is 0.803. The highest BCUT2D eigenvalue weighted by Crippen LogP contribution is 2.02. The predicted molar refractivity (Wildman–Crippen MR) is 50.7 cm³/mol. The van der Waals surface area contributed by atoms with Crippen LogP contribution in [0.2, 0.25) is 0 Å². The summed E-state index contributed by atoms with van der Waals surface area (Å²) < 4.78 is 1.64. The molecule has 0 spiro atoms. The number of aryl methyl sites for hydroxylation is 1. The van der Waals surface area contributed by atoms with Crippen LogP contribution in [0.4, 0.5) is 0 Å². The number of halogens is 1. The van der Waals surface area contributed by atoms with Gasteiger partial charge in [-0.2, -0.15) is 9.50 Å². The minimum Gasteiger partial charge on any atom is -0.327 e. The van der Waals surface area contributed by atoms with Gasteiger partial charge < -0.3 is 4.98 Å². The van der Waals surface area contributed by atoms with E-state index in [0.29, 0.717) is 10.5 Å². The lowest BCUT2D eigenvalue weighted by atomic mass is 10.3. The molecule has 0 saturated heterocycles. The van der Waals surface area contributed by atoms with E-state index in [-0.39, 0.29) is 5.56 Å². The average molecular weight is 243 g/mol. The summed E-state index contributed by atoms with van der Waals surface area (Å²) in [4.78, 5) is 18.4. The summed E-state index contributed by atoms with van der Waals surface area (Å²) in [7, 11) is 0. The summed E-state index contributed by atoms with van der Waals surface area (Å²) in [5, 5.41) is 3.87. The van der Waals surface area contributed by atoms with Crippen LogP contribution in [0.3, 0.4) is 0 Å². The van der Waals surface area contributed by atoms with Gasteiger partial charge in [0.1, 0.15) is 0 Å². The molecule has 0 aliphatic carbocycles. The highest BCUT2D eigenvalue weighted by atomic mass is 79.9. The zero-order chi connectivity index (χ0) is 9.42. The second kappa shape index (κ2) is 2.95. The molecule has 0 aliphatic heterocycles. The number of hydrogen-bond donors (Lipinski definition) is 1. The van der Waals surface area contributed by atoms with Gasteiger partial charge in [0, 0.05) is 11.8 Å². The van der Waals surface area contributed by atoms with Crippen LogP contribution in [0.15, 0.2) is 15.6 Å². The molecule has 5 nitrogen and oxygen atoms in total. The van der Waals surface area contributed by atoms with Crippen molar-refractivity contribution in [3.8, 4) is 0 Å². The number of nitrogens with zero attached hydrogens (tertiary/aromatic N) is 3. The molecule has 0 fully saturated rings. The highest BCUT2D eigenvalue weighted by molar-refractivity contribution is 9.10. The number of aromatic amines is 1. The van der Waals surface area contributed by atoms with E-state index in [9.17, 15) is 4.79 Å². The van der Waals surface area contributed by atoms with Crippen LogP contribution >= 0.6 is 15.9 Å². The summed E-state index contributed by atoms with van der Waals surface area (Å²) in [6, 6.07) is 1.52. The maximum absolute atomic E-state index is 11.4. The Morgan fingerprint density at radius 3 is 3.15 bits per heavy atom. The Hall–Kier alpha value is -1.17. The fourth-order valence-electron chi connectivity index (χ4n) is 1.10. The first-order chi connectivity index (χ1) is 6.20. The summed E-state index contributed by atoms with van der Waals surface area (Å²) in [6.45, 7) is 1.97. The van der Waals surface area contributed by atoms with E-state index in [1.165, 1.54) is 10.6 Å². The van der Waals surface area contributed by atoms with Crippen LogP contribution in [0.5, 0.6) is 0 Å². The van der Waals surface area contributed by atoms with E-state index in [1.807, 2.05) is 6.92 Å². The predicted octanol–water partition coefficient (Wildman–Crippen LogP) is 0.742. The Labute approximate surface area is 81.9 Å². The van der Waals surface area contributed by atoms with Gasteiger partial charge in [-0.15, -0.1) is 5.10 Å². The molecule has 13 heavy (non-hydrogen) atoms. The average Bonchev–Trinajstić information content (AvgIpc) is 2.46. The number of nitrogens with one attached hydrogen (secondary N) is 1. The van der Waals surface area contributed by atoms with Gasteiger partial charge in [0.25, 0.3) is 5.56 Å². The van der Waals surface area contributed by atoms with Crippen LogP contribution < -0.4 is 5.56 Å². The van der Waals surface area contributed by atoms with Gasteiger partial charge in [-0.25, -0.2) is 0 Å². The van der Waals surface area contributed by atoms with Crippen LogP contribution in [-0.4, -0.2) is 19.6 Å².